The Bertz CT molecular complexity index is 452. The molecule has 0 unspecified atom stereocenters. The van der Waals surface area contributed by atoms with E-state index in [1.165, 1.54) is 0 Å². The molecule has 0 saturated carbocycles. The maximum Gasteiger partial charge on any atom is 0.293 e. The Balaban J connectivity index is 2.21. The second-order valence-electron chi connectivity index (χ2n) is 3.52. The van der Waals surface area contributed by atoms with Crippen molar-refractivity contribution < 1.29 is 14.3 Å². The number of aliphatic imine (C=N–C) groups is 1. The second-order valence-corrected chi connectivity index (χ2v) is 3.52. The topological polar surface area (TPSA) is 55.7 Å². The summed E-state index contributed by atoms with van der Waals surface area (Å²) in [4.78, 5) is 25.8. The number of Topliss-reactive ketones (excluding diaryl/α,β-unsaturated/α-hetero) is 1. The smallest absolute Gasteiger partial charge is 0.293 e. The van der Waals surface area contributed by atoms with Gasteiger partial charge in [-0.1, -0.05) is 12.1 Å². The van der Waals surface area contributed by atoms with Gasteiger partial charge in [0, 0.05) is 11.8 Å². The summed E-state index contributed by atoms with van der Waals surface area (Å²) >= 11 is 0. The predicted molar refractivity (Wildman–Crippen MR) is 59.3 cm³/mol. The molecule has 0 bridgehead atoms. The van der Waals surface area contributed by atoms with Crippen molar-refractivity contribution in [3.63, 3.8) is 0 Å². The van der Waals surface area contributed by atoms with E-state index < -0.39 is 0 Å². The Morgan fingerprint density at radius 2 is 2.38 bits per heavy atom. The minimum Gasteiger partial charge on any atom is -0.459 e. The van der Waals surface area contributed by atoms with Crippen LogP contribution in [0.15, 0.2) is 23.2 Å². The number of fused-ring (bicyclic) bond motifs is 1. The lowest BCUT2D eigenvalue weighted by Gasteiger charge is -2.10. The minimum atomic E-state index is -0.216. The number of hydrogen-bond donors (Lipinski definition) is 0. The van der Waals surface area contributed by atoms with Gasteiger partial charge in [-0.2, -0.15) is 0 Å². The molecular formula is C12H11NO3. The van der Waals surface area contributed by atoms with Crippen LogP contribution in [0.5, 0.6) is 0 Å². The average molecular weight is 217 g/mol. The van der Waals surface area contributed by atoms with Crippen molar-refractivity contribution in [3.05, 3.63) is 29.3 Å². The maximum atomic E-state index is 11.6. The Labute approximate surface area is 92.9 Å². The van der Waals surface area contributed by atoms with Gasteiger partial charge in [-0.25, -0.2) is 0 Å². The Morgan fingerprint density at radius 3 is 3.19 bits per heavy atom. The molecule has 1 heterocycles. The molecule has 1 aromatic rings. The van der Waals surface area contributed by atoms with Crippen molar-refractivity contribution in [2.45, 2.75) is 12.8 Å². The summed E-state index contributed by atoms with van der Waals surface area (Å²) in [5.41, 5.74) is 2.51. The number of carbonyl (C=O) groups excluding carboxylic acids is 2. The minimum absolute atomic E-state index is 0.212. The van der Waals surface area contributed by atoms with Gasteiger partial charge >= 0.3 is 0 Å². The van der Waals surface area contributed by atoms with Crippen LogP contribution in [-0.2, 0) is 16.0 Å². The summed E-state index contributed by atoms with van der Waals surface area (Å²) in [7, 11) is 0. The fraction of sp³-hybridized carbons (Fsp3) is 0.250. The molecule has 1 aromatic carbocycles. The van der Waals surface area contributed by atoms with E-state index in [4.69, 9.17) is 0 Å². The number of ketones is 1. The first-order valence-corrected chi connectivity index (χ1v) is 5.05. The number of aryl methyl sites for hydroxylation is 1. The van der Waals surface area contributed by atoms with Gasteiger partial charge in [0.15, 0.2) is 12.4 Å². The zero-order chi connectivity index (χ0) is 11.4. The molecule has 1 aliphatic heterocycles. The number of carbonyl (C=O) groups is 2. The van der Waals surface area contributed by atoms with Crippen LogP contribution in [0.25, 0.3) is 0 Å². The molecule has 16 heavy (non-hydrogen) atoms. The molecule has 0 spiro atoms. The largest absolute Gasteiger partial charge is 0.459 e. The van der Waals surface area contributed by atoms with Crippen molar-refractivity contribution >= 4 is 24.2 Å². The molecule has 0 radical (unpaired) electrons. The van der Waals surface area contributed by atoms with E-state index in [9.17, 15) is 9.59 Å². The molecule has 0 saturated heterocycles. The average Bonchev–Trinajstić information content (AvgIpc) is 2.35. The molecule has 0 fully saturated rings. The number of ether oxygens (including phenoxy) is 1. The van der Waals surface area contributed by atoms with Gasteiger partial charge in [0.1, 0.15) is 0 Å². The molecule has 0 atom stereocenters. The molecule has 4 heteroatoms. The molecule has 0 aliphatic carbocycles. The first kappa shape index (κ1) is 10.5. The molecule has 82 valence electrons. The highest BCUT2D eigenvalue weighted by Crippen LogP contribution is 2.25. The van der Waals surface area contributed by atoms with Gasteiger partial charge in [-0.3, -0.25) is 14.6 Å². The van der Waals surface area contributed by atoms with E-state index in [1.54, 1.807) is 12.1 Å². The molecule has 4 nitrogen and oxygen atoms in total. The predicted octanol–water partition coefficient (Wildman–Crippen LogP) is 1.69. The summed E-state index contributed by atoms with van der Waals surface area (Å²) in [5, 5.41) is 0. The van der Waals surface area contributed by atoms with Crippen molar-refractivity contribution in [2.75, 3.05) is 6.61 Å². The lowest BCUT2D eigenvalue weighted by Crippen LogP contribution is -2.08. The molecule has 1 aliphatic rings. The van der Waals surface area contributed by atoms with Gasteiger partial charge in [-0.15, -0.1) is 0 Å². The molecular weight excluding hydrogens is 206 g/mol. The lowest BCUT2D eigenvalue weighted by atomic mass is 10.0. The summed E-state index contributed by atoms with van der Waals surface area (Å²) in [6.07, 6.45) is 3.74. The van der Waals surface area contributed by atoms with E-state index in [0.717, 1.165) is 24.1 Å². The van der Waals surface area contributed by atoms with Crippen LogP contribution in [0.1, 0.15) is 22.3 Å². The van der Waals surface area contributed by atoms with E-state index in [2.05, 4.69) is 9.73 Å². The molecule has 0 N–H and O–H groups in total. The Hall–Kier alpha value is -1.97. The Kier molecular flexibility index (Phi) is 3.10. The van der Waals surface area contributed by atoms with Crippen molar-refractivity contribution in [1.29, 1.82) is 0 Å². The fourth-order valence-corrected chi connectivity index (χ4v) is 1.64. The third-order valence-electron chi connectivity index (χ3n) is 2.46. The lowest BCUT2D eigenvalue weighted by molar-refractivity contribution is -0.127. The third kappa shape index (κ3) is 2.16. The second kappa shape index (κ2) is 4.70. The van der Waals surface area contributed by atoms with Crippen LogP contribution in [-0.4, -0.2) is 25.1 Å². The normalized spacial score (nSPS) is 13.0. The SMILES string of the molecule is O=COCC(=O)c1ccc2c(c1)N=CCC2. The number of hydrogen-bond acceptors (Lipinski definition) is 4. The van der Waals surface area contributed by atoms with E-state index in [-0.39, 0.29) is 18.9 Å². The van der Waals surface area contributed by atoms with E-state index in [1.807, 2.05) is 12.3 Å². The van der Waals surface area contributed by atoms with Crippen LogP contribution >= 0.6 is 0 Å². The number of nitrogens with zero attached hydrogens (tertiary/aromatic N) is 1. The van der Waals surface area contributed by atoms with Gasteiger partial charge < -0.3 is 4.74 Å². The standard InChI is InChI=1S/C12H11NO3/c14-8-16-7-12(15)10-4-3-9-2-1-5-13-11(9)6-10/h3-6,8H,1-2,7H2. The summed E-state index contributed by atoms with van der Waals surface area (Å²) < 4.78 is 4.43. The molecule has 0 amide bonds. The fourth-order valence-electron chi connectivity index (χ4n) is 1.64. The first-order chi connectivity index (χ1) is 7.81. The molecule has 0 aromatic heterocycles. The van der Waals surface area contributed by atoms with Crippen LogP contribution in [0, 0.1) is 0 Å². The van der Waals surface area contributed by atoms with Gasteiger partial charge in [0.05, 0.1) is 5.69 Å². The maximum absolute atomic E-state index is 11.6. The van der Waals surface area contributed by atoms with E-state index >= 15 is 0 Å². The first-order valence-electron chi connectivity index (χ1n) is 5.05. The Morgan fingerprint density at radius 1 is 1.50 bits per heavy atom. The van der Waals surface area contributed by atoms with Crippen LogP contribution in [0.3, 0.4) is 0 Å². The van der Waals surface area contributed by atoms with Crippen LogP contribution < -0.4 is 0 Å². The highest BCUT2D eigenvalue weighted by atomic mass is 16.5. The van der Waals surface area contributed by atoms with E-state index in [0.29, 0.717) is 5.56 Å². The number of benzene rings is 1. The molecule has 2 rings (SSSR count). The van der Waals surface area contributed by atoms with Crippen molar-refractivity contribution in [1.82, 2.24) is 0 Å². The highest BCUT2D eigenvalue weighted by Gasteiger charge is 2.11. The zero-order valence-electron chi connectivity index (χ0n) is 8.68. The monoisotopic (exact) mass is 217 g/mol. The summed E-state index contributed by atoms with van der Waals surface area (Å²) in [6, 6.07) is 5.39. The van der Waals surface area contributed by atoms with Gasteiger partial charge in [0.2, 0.25) is 0 Å². The van der Waals surface area contributed by atoms with Crippen molar-refractivity contribution in [2.24, 2.45) is 4.99 Å². The zero-order valence-corrected chi connectivity index (χ0v) is 8.68. The third-order valence-corrected chi connectivity index (χ3v) is 2.46. The summed E-state index contributed by atoms with van der Waals surface area (Å²) in [5.74, 6) is -0.212. The quantitative estimate of drug-likeness (QED) is 0.569. The van der Waals surface area contributed by atoms with Crippen molar-refractivity contribution in [3.8, 4) is 0 Å². The highest BCUT2D eigenvalue weighted by molar-refractivity contribution is 5.98. The van der Waals surface area contributed by atoms with Gasteiger partial charge in [-0.05, 0) is 24.5 Å². The van der Waals surface area contributed by atoms with Gasteiger partial charge in [0.25, 0.3) is 6.47 Å². The van der Waals surface area contributed by atoms with Crippen LogP contribution in [0.4, 0.5) is 5.69 Å². The summed E-state index contributed by atoms with van der Waals surface area (Å²) in [6.45, 7) is 0.0560. The number of rotatable bonds is 4. The van der Waals surface area contributed by atoms with Crippen LogP contribution in [0.2, 0.25) is 0 Å².